The molecule has 2 aromatic carbocycles. The van der Waals surface area contributed by atoms with E-state index in [4.69, 9.17) is 16.3 Å². The van der Waals surface area contributed by atoms with Gasteiger partial charge in [-0.3, -0.25) is 0 Å². The molecule has 1 heterocycles. The molecule has 3 rings (SSSR count). The molecule has 0 saturated carbocycles. The van der Waals surface area contributed by atoms with Crippen molar-refractivity contribution in [3.8, 4) is 11.4 Å². The smallest absolute Gasteiger partial charge is 0.132 e. The third kappa shape index (κ3) is 3.00. The second-order valence-corrected chi connectivity index (χ2v) is 4.79. The fourth-order valence-corrected chi connectivity index (χ4v) is 1.99. The van der Waals surface area contributed by atoms with E-state index in [1.165, 1.54) is 0 Å². The van der Waals surface area contributed by atoms with E-state index in [0.717, 1.165) is 22.2 Å². The Bertz CT molecular complexity index is 677. The van der Waals surface area contributed by atoms with Gasteiger partial charge < -0.3 is 9.30 Å². The lowest BCUT2D eigenvalue weighted by molar-refractivity contribution is 0.302. The summed E-state index contributed by atoms with van der Waals surface area (Å²) in [5.41, 5.74) is 1.90. The maximum absolute atomic E-state index is 5.88. The Morgan fingerprint density at radius 1 is 1.00 bits per heavy atom. The van der Waals surface area contributed by atoms with E-state index < -0.39 is 0 Å². The first-order valence-electron chi connectivity index (χ1n) is 6.28. The molecule has 0 unspecified atom stereocenters. The molecule has 20 heavy (non-hydrogen) atoms. The first kappa shape index (κ1) is 12.8. The van der Waals surface area contributed by atoms with Crippen molar-refractivity contribution in [2.45, 2.75) is 6.61 Å². The Kier molecular flexibility index (Phi) is 3.70. The highest BCUT2D eigenvalue weighted by atomic mass is 35.5. The predicted octanol–water partition coefficient (Wildman–Crippen LogP) is 4.10. The summed E-state index contributed by atoms with van der Waals surface area (Å²) in [5, 5.41) is 0.724. The highest BCUT2D eigenvalue weighted by Crippen LogP contribution is 2.15. The number of rotatable bonds is 4. The highest BCUT2D eigenvalue weighted by molar-refractivity contribution is 6.30. The summed E-state index contributed by atoms with van der Waals surface area (Å²) in [6.45, 7) is 0.449. The molecule has 3 aromatic rings. The minimum Gasteiger partial charge on any atom is -0.487 e. The maximum Gasteiger partial charge on any atom is 0.132 e. The lowest BCUT2D eigenvalue weighted by atomic mass is 10.3. The molecule has 3 nitrogen and oxygen atoms in total. The van der Waals surface area contributed by atoms with Gasteiger partial charge in [0, 0.05) is 16.9 Å². The van der Waals surface area contributed by atoms with E-state index >= 15 is 0 Å². The van der Waals surface area contributed by atoms with Gasteiger partial charge in [-0.2, -0.15) is 0 Å². The molecule has 4 heteroatoms. The van der Waals surface area contributed by atoms with Gasteiger partial charge in [0.25, 0.3) is 0 Å². The van der Waals surface area contributed by atoms with Crippen molar-refractivity contribution in [1.29, 1.82) is 0 Å². The minimum absolute atomic E-state index is 0.449. The maximum atomic E-state index is 5.88. The van der Waals surface area contributed by atoms with Crippen LogP contribution >= 0.6 is 11.6 Å². The van der Waals surface area contributed by atoms with Crippen LogP contribution in [-0.4, -0.2) is 9.55 Å². The quantitative estimate of drug-likeness (QED) is 0.721. The second-order valence-electron chi connectivity index (χ2n) is 4.35. The average Bonchev–Trinajstić information content (AvgIpc) is 2.96. The lowest BCUT2D eigenvalue weighted by Crippen LogP contribution is -1.95. The van der Waals surface area contributed by atoms with Crippen molar-refractivity contribution in [3.05, 3.63) is 77.8 Å². The zero-order valence-corrected chi connectivity index (χ0v) is 11.5. The predicted molar refractivity (Wildman–Crippen MR) is 79.3 cm³/mol. The zero-order valence-electron chi connectivity index (χ0n) is 10.7. The van der Waals surface area contributed by atoms with Crippen LogP contribution in [-0.2, 0) is 6.61 Å². The molecule has 0 aliphatic carbocycles. The van der Waals surface area contributed by atoms with Gasteiger partial charge in [0.2, 0.25) is 0 Å². The van der Waals surface area contributed by atoms with Gasteiger partial charge in [-0.15, -0.1) is 0 Å². The third-order valence-electron chi connectivity index (χ3n) is 2.89. The summed E-state index contributed by atoms with van der Waals surface area (Å²) in [5.74, 6) is 0.841. The van der Waals surface area contributed by atoms with Gasteiger partial charge >= 0.3 is 0 Å². The Hall–Kier alpha value is -2.26. The van der Waals surface area contributed by atoms with Crippen LogP contribution in [0.4, 0.5) is 0 Å². The number of hydrogen-bond acceptors (Lipinski definition) is 2. The highest BCUT2D eigenvalue weighted by Gasteiger charge is 2.02. The Labute approximate surface area is 122 Å². The van der Waals surface area contributed by atoms with Crippen LogP contribution in [0.15, 0.2) is 67.1 Å². The Balaban J connectivity index is 1.69. The van der Waals surface area contributed by atoms with E-state index in [0.29, 0.717) is 6.61 Å². The first-order valence-corrected chi connectivity index (χ1v) is 6.66. The summed E-state index contributed by atoms with van der Waals surface area (Å²) >= 11 is 5.88. The van der Waals surface area contributed by atoms with E-state index in [2.05, 4.69) is 4.98 Å². The molecule has 0 bridgehead atoms. The van der Waals surface area contributed by atoms with E-state index in [9.17, 15) is 0 Å². The van der Waals surface area contributed by atoms with Crippen LogP contribution in [0.2, 0.25) is 5.02 Å². The molecular formula is C16H13ClN2O. The van der Waals surface area contributed by atoms with Gasteiger partial charge in [0.1, 0.15) is 12.4 Å². The fourth-order valence-electron chi connectivity index (χ4n) is 1.87. The van der Waals surface area contributed by atoms with Crippen LogP contribution in [0.25, 0.3) is 5.69 Å². The Morgan fingerprint density at radius 2 is 1.75 bits per heavy atom. The van der Waals surface area contributed by atoms with Crippen molar-refractivity contribution < 1.29 is 4.74 Å². The number of ether oxygens (including phenoxy) is 1. The number of aromatic nitrogens is 2. The third-order valence-corrected chi connectivity index (χ3v) is 3.14. The molecular weight excluding hydrogens is 272 g/mol. The van der Waals surface area contributed by atoms with Gasteiger partial charge in [-0.1, -0.05) is 29.8 Å². The van der Waals surface area contributed by atoms with Crippen molar-refractivity contribution in [3.63, 3.8) is 0 Å². The van der Waals surface area contributed by atoms with Crippen molar-refractivity contribution >= 4 is 11.6 Å². The number of hydrogen-bond donors (Lipinski definition) is 0. The van der Waals surface area contributed by atoms with Crippen LogP contribution in [0.3, 0.4) is 0 Å². The molecule has 1 aromatic heterocycles. The number of nitrogens with zero attached hydrogens (tertiary/aromatic N) is 2. The number of benzene rings is 2. The van der Waals surface area contributed by atoms with Gasteiger partial charge in [-0.05, 0) is 36.4 Å². The first-order chi connectivity index (χ1) is 9.81. The molecule has 100 valence electrons. The van der Waals surface area contributed by atoms with Crippen LogP contribution in [0, 0.1) is 0 Å². The molecule has 0 aliphatic heterocycles. The van der Waals surface area contributed by atoms with Crippen LogP contribution in [0.1, 0.15) is 5.69 Å². The fraction of sp³-hybridized carbons (Fsp3) is 0.0625. The van der Waals surface area contributed by atoms with Gasteiger partial charge in [0.15, 0.2) is 0 Å². The van der Waals surface area contributed by atoms with Gasteiger partial charge in [-0.25, -0.2) is 4.98 Å². The summed E-state index contributed by atoms with van der Waals surface area (Å²) < 4.78 is 7.61. The molecule has 0 N–H and O–H groups in total. The topological polar surface area (TPSA) is 27.1 Å². The molecule has 0 spiro atoms. The van der Waals surface area contributed by atoms with Crippen molar-refractivity contribution in [2.24, 2.45) is 0 Å². The molecule has 0 aliphatic rings. The minimum atomic E-state index is 0.449. The zero-order chi connectivity index (χ0) is 13.8. The van der Waals surface area contributed by atoms with Crippen molar-refractivity contribution in [2.75, 3.05) is 0 Å². The molecule has 0 radical (unpaired) electrons. The normalized spacial score (nSPS) is 10.4. The van der Waals surface area contributed by atoms with E-state index in [-0.39, 0.29) is 0 Å². The summed E-state index contributed by atoms with van der Waals surface area (Å²) in [6.07, 6.45) is 3.72. The largest absolute Gasteiger partial charge is 0.487 e. The van der Waals surface area contributed by atoms with Crippen molar-refractivity contribution in [1.82, 2.24) is 9.55 Å². The second kappa shape index (κ2) is 5.80. The van der Waals surface area contributed by atoms with Gasteiger partial charge in [0.05, 0.1) is 12.0 Å². The summed E-state index contributed by atoms with van der Waals surface area (Å²) in [6, 6.07) is 17.3. The number of halogens is 1. The van der Waals surface area contributed by atoms with E-state index in [1.54, 1.807) is 6.33 Å². The molecule has 0 saturated heterocycles. The van der Waals surface area contributed by atoms with Crippen LogP contribution < -0.4 is 4.74 Å². The Morgan fingerprint density at radius 3 is 2.50 bits per heavy atom. The molecule has 0 amide bonds. The van der Waals surface area contributed by atoms with Crippen LogP contribution in [0.5, 0.6) is 5.75 Å². The average molecular weight is 285 g/mol. The standard InChI is InChI=1S/C16H13ClN2O/c17-13-6-8-15(9-7-13)19-10-14(18-12-19)11-20-16-4-2-1-3-5-16/h1-10,12H,11H2. The van der Waals surface area contributed by atoms with E-state index in [1.807, 2.05) is 65.4 Å². The monoisotopic (exact) mass is 284 g/mol. The molecule has 0 atom stereocenters. The number of para-hydroxylation sites is 1. The summed E-state index contributed by atoms with van der Waals surface area (Å²) in [7, 11) is 0. The SMILES string of the molecule is Clc1ccc(-n2cnc(COc3ccccc3)c2)cc1. The number of imidazole rings is 1. The molecule has 0 fully saturated rings. The lowest BCUT2D eigenvalue weighted by Gasteiger charge is -2.03. The summed E-state index contributed by atoms with van der Waals surface area (Å²) in [4.78, 5) is 4.34.